The SMILES string of the molecule is CCOc1ccccc1CN(C)C(CC)C(=O)O. The van der Waals surface area contributed by atoms with Crippen molar-refractivity contribution in [2.24, 2.45) is 0 Å². The van der Waals surface area contributed by atoms with Crippen LogP contribution in [0.4, 0.5) is 0 Å². The van der Waals surface area contributed by atoms with Crippen molar-refractivity contribution in [1.29, 1.82) is 0 Å². The lowest BCUT2D eigenvalue weighted by Crippen LogP contribution is -2.37. The molecule has 1 atom stereocenters. The van der Waals surface area contributed by atoms with Gasteiger partial charge in [-0.2, -0.15) is 0 Å². The number of likely N-dealkylation sites (N-methyl/N-ethyl adjacent to an activating group) is 1. The zero-order valence-electron chi connectivity index (χ0n) is 11.2. The van der Waals surface area contributed by atoms with Gasteiger partial charge >= 0.3 is 5.97 Å². The van der Waals surface area contributed by atoms with E-state index in [-0.39, 0.29) is 0 Å². The van der Waals surface area contributed by atoms with Crippen molar-refractivity contribution in [2.45, 2.75) is 32.9 Å². The Morgan fingerprint density at radius 3 is 2.61 bits per heavy atom. The fraction of sp³-hybridized carbons (Fsp3) is 0.500. The highest BCUT2D eigenvalue weighted by Crippen LogP contribution is 2.20. The van der Waals surface area contributed by atoms with Crippen LogP contribution in [0.15, 0.2) is 24.3 Å². The first-order valence-electron chi connectivity index (χ1n) is 6.23. The molecule has 0 aromatic heterocycles. The molecule has 0 bridgehead atoms. The molecule has 0 heterocycles. The van der Waals surface area contributed by atoms with E-state index in [4.69, 9.17) is 9.84 Å². The van der Waals surface area contributed by atoms with Gasteiger partial charge in [0.1, 0.15) is 11.8 Å². The van der Waals surface area contributed by atoms with E-state index in [1.54, 1.807) is 0 Å². The number of carbonyl (C=O) groups is 1. The number of nitrogens with zero attached hydrogens (tertiary/aromatic N) is 1. The Morgan fingerprint density at radius 2 is 2.06 bits per heavy atom. The molecule has 0 amide bonds. The molecule has 1 unspecified atom stereocenters. The van der Waals surface area contributed by atoms with Gasteiger partial charge in [0.25, 0.3) is 0 Å². The molecule has 0 fully saturated rings. The van der Waals surface area contributed by atoms with Gasteiger partial charge in [-0.15, -0.1) is 0 Å². The maximum Gasteiger partial charge on any atom is 0.320 e. The van der Waals surface area contributed by atoms with E-state index >= 15 is 0 Å². The van der Waals surface area contributed by atoms with Gasteiger partial charge in [-0.3, -0.25) is 9.69 Å². The first-order chi connectivity index (χ1) is 8.60. The lowest BCUT2D eigenvalue weighted by molar-refractivity contribution is -0.143. The lowest BCUT2D eigenvalue weighted by atomic mass is 10.1. The van der Waals surface area contributed by atoms with Crippen LogP contribution < -0.4 is 4.74 Å². The Balaban J connectivity index is 2.80. The summed E-state index contributed by atoms with van der Waals surface area (Å²) < 4.78 is 5.54. The normalized spacial score (nSPS) is 12.4. The number of hydrogen-bond donors (Lipinski definition) is 1. The average molecular weight is 251 g/mol. The number of aliphatic carboxylic acids is 1. The molecule has 1 N–H and O–H groups in total. The molecule has 0 aliphatic carbocycles. The van der Waals surface area contributed by atoms with Gasteiger partial charge < -0.3 is 9.84 Å². The van der Waals surface area contributed by atoms with Crippen LogP contribution in [-0.2, 0) is 11.3 Å². The number of hydrogen-bond acceptors (Lipinski definition) is 3. The fourth-order valence-electron chi connectivity index (χ4n) is 1.98. The summed E-state index contributed by atoms with van der Waals surface area (Å²) in [6.07, 6.45) is 0.586. The van der Waals surface area contributed by atoms with Crippen LogP contribution in [0.25, 0.3) is 0 Å². The van der Waals surface area contributed by atoms with Crippen LogP contribution in [0.5, 0.6) is 5.75 Å². The van der Waals surface area contributed by atoms with Crippen LogP contribution in [0, 0.1) is 0 Å². The Labute approximate surface area is 108 Å². The maximum absolute atomic E-state index is 11.1. The van der Waals surface area contributed by atoms with Crippen LogP contribution in [0.1, 0.15) is 25.8 Å². The predicted molar refractivity (Wildman–Crippen MR) is 70.8 cm³/mol. The van der Waals surface area contributed by atoms with Crippen molar-refractivity contribution < 1.29 is 14.6 Å². The number of para-hydroxylation sites is 1. The van der Waals surface area contributed by atoms with Gasteiger partial charge in [0.2, 0.25) is 0 Å². The molecule has 4 heteroatoms. The Morgan fingerprint density at radius 1 is 1.39 bits per heavy atom. The highest BCUT2D eigenvalue weighted by molar-refractivity contribution is 5.73. The second-order valence-electron chi connectivity index (χ2n) is 4.22. The third-order valence-electron chi connectivity index (χ3n) is 2.90. The zero-order chi connectivity index (χ0) is 13.5. The zero-order valence-corrected chi connectivity index (χ0v) is 11.2. The Hall–Kier alpha value is -1.55. The average Bonchev–Trinajstić information content (AvgIpc) is 2.32. The van der Waals surface area contributed by atoms with Crippen LogP contribution >= 0.6 is 0 Å². The predicted octanol–water partition coefficient (Wildman–Crippen LogP) is 2.38. The molecule has 0 aliphatic rings. The molecule has 0 saturated heterocycles. The van der Waals surface area contributed by atoms with Crippen LogP contribution in [0.2, 0.25) is 0 Å². The molecule has 1 aromatic rings. The fourth-order valence-corrected chi connectivity index (χ4v) is 1.98. The highest BCUT2D eigenvalue weighted by atomic mass is 16.5. The van der Waals surface area contributed by atoms with Crippen molar-refractivity contribution in [3.63, 3.8) is 0 Å². The summed E-state index contributed by atoms with van der Waals surface area (Å²) in [6, 6.07) is 7.28. The van der Waals surface area contributed by atoms with E-state index in [0.29, 0.717) is 19.6 Å². The third-order valence-corrected chi connectivity index (χ3v) is 2.90. The molecule has 0 aliphatic heterocycles. The van der Waals surface area contributed by atoms with Gasteiger partial charge in [0.05, 0.1) is 6.61 Å². The number of rotatable bonds is 7. The molecule has 4 nitrogen and oxygen atoms in total. The smallest absolute Gasteiger partial charge is 0.320 e. The largest absolute Gasteiger partial charge is 0.494 e. The number of benzene rings is 1. The topological polar surface area (TPSA) is 49.8 Å². The van der Waals surface area contributed by atoms with E-state index in [1.165, 1.54) is 0 Å². The van der Waals surface area contributed by atoms with E-state index in [0.717, 1.165) is 11.3 Å². The first-order valence-corrected chi connectivity index (χ1v) is 6.23. The standard InChI is InChI=1S/C14H21NO3/c1-4-12(14(16)17)15(3)10-11-8-6-7-9-13(11)18-5-2/h6-9,12H,4-5,10H2,1-3H3,(H,16,17). The molecule has 100 valence electrons. The van der Waals surface area contributed by atoms with Gasteiger partial charge in [0.15, 0.2) is 0 Å². The molecule has 0 saturated carbocycles. The minimum Gasteiger partial charge on any atom is -0.494 e. The highest BCUT2D eigenvalue weighted by Gasteiger charge is 2.21. The third kappa shape index (κ3) is 3.74. The van der Waals surface area contributed by atoms with Gasteiger partial charge in [-0.25, -0.2) is 0 Å². The van der Waals surface area contributed by atoms with E-state index in [9.17, 15) is 4.79 Å². The summed E-state index contributed by atoms with van der Waals surface area (Å²) in [7, 11) is 1.82. The maximum atomic E-state index is 11.1. The van der Waals surface area contributed by atoms with E-state index in [2.05, 4.69) is 0 Å². The van der Waals surface area contributed by atoms with E-state index in [1.807, 2.05) is 50.1 Å². The summed E-state index contributed by atoms with van der Waals surface area (Å²) in [6.45, 7) is 4.99. The molecule has 1 rings (SSSR count). The molecule has 1 aromatic carbocycles. The number of carboxylic acid groups (broad SMARTS) is 1. The molecule has 0 spiro atoms. The summed E-state index contributed by atoms with van der Waals surface area (Å²) in [5.74, 6) is 0.0426. The van der Waals surface area contributed by atoms with Crippen molar-refractivity contribution >= 4 is 5.97 Å². The quantitative estimate of drug-likeness (QED) is 0.808. The first kappa shape index (κ1) is 14.5. The Bertz CT molecular complexity index is 392. The number of ether oxygens (including phenoxy) is 1. The Kier molecular flexibility index (Phi) is 5.65. The van der Waals surface area contributed by atoms with Crippen LogP contribution in [0.3, 0.4) is 0 Å². The van der Waals surface area contributed by atoms with Crippen molar-refractivity contribution in [3.8, 4) is 5.75 Å². The van der Waals surface area contributed by atoms with Crippen molar-refractivity contribution in [2.75, 3.05) is 13.7 Å². The van der Waals surface area contributed by atoms with E-state index < -0.39 is 12.0 Å². The lowest BCUT2D eigenvalue weighted by Gasteiger charge is -2.24. The monoisotopic (exact) mass is 251 g/mol. The summed E-state index contributed by atoms with van der Waals surface area (Å²) in [5, 5.41) is 9.12. The minimum absolute atomic E-state index is 0.459. The number of carboxylic acids is 1. The van der Waals surface area contributed by atoms with Crippen molar-refractivity contribution in [3.05, 3.63) is 29.8 Å². The van der Waals surface area contributed by atoms with Crippen molar-refractivity contribution in [1.82, 2.24) is 4.90 Å². The molecular weight excluding hydrogens is 230 g/mol. The molecule has 18 heavy (non-hydrogen) atoms. The minimum atomic E-state index is -0.783. The van der Waals surface area contributed by atoms with Crippen LogP contribution in [-0.4, -0.2) is 35.7 Å². The molecular formula is C14H21NO3. The second-order valence-corrected chi connectivity index (χ2v) is 4.22. The summed E-state index contributed by atoms with van der Waals surface area (Å²) >= 11 is 0. The molecule has 0 radical (unpaired) electrons. The van der Waals surface area contributed by atoms with Gasteiger partial charge in [-0.1, -0.05) is 25.1 Å². The van der Waals surface area contributed by atoms with Gasteiger partial charge in [-0.05, 0) is 26.5 Å². The second kappa shape index (κ2) is 7.01. The summed E-state index contributed by atoms with van der Waals surface area (Å²) in [5.41, 5.74) is 1.02. The van der Waals surface area contributed by atoms with Gasteiger partial charge in [0, 0.05) is 12.1 Å². The summed E-state index contributed by atoms with van der Waals surface area (Å²) in [4.78, 5) is 12.9.